The summed E-state index contributed by atoms with van der Waals surface area (Å²) in [5.41, 5.74) is 0. The first-order valence-corrected chi connectivity index (χ1v) is 4.14. The second-order valence-corrected chi connectivity index (χ2v) is 8.23. The zero-order valence-corrected chi connectivity index (χ0v) is 8.78. The summed E-state index contributed by atoms with van der Waals surface area (Å²) >= 11 is 12.2. The van der Waals surface area contributed by atoms with Crippen molar-refractivity contribution in [3.05, 3.63) is 0 Å². The average Bonchev–Trinajstić information content (AvgIpc) is 1.25. The van der Waals surface area contributed by atoms with Crippen molar-refractivity contribution in [3.8, 4) is 0 Å². The Hall–Kier alpha value is 1.59. The summed E-state index contributed by atoms with van der Waals surface area (Å²) in [7, 11) is 0. The van der Waals surface area contributed by atoms with Gasteiger partial charge in [-0.15, -0.1) is 0 Å². The molecule has 0 radical (unpaired) electrons. The Bertz CT molecular complexity index is 70.3. The molecule has 0 spiro atoms. The molecule has 0 atom stereocenters. The van der Waals surface area contributed by atoms with Crippen molar-refractivity contribution in [1.82, 2.24) is 0 Å². The smallest absolute Gasteiger partial charge is 0.185 e. The van der Waals surface area contributed by atoms with Crippen molar-refractivity contribution in [2.45, 2.75) is 7.52 Å². The molecule has 0 unspecified atom stereocenters. The number of alkyl halides is 6. The molecule has 0 aromatic heterocycles. The minimum Gasteiger partial charge on any atom is -0.185 e. The van der Waals surface area contributed by atoms with Gasteiger partial charge >= 0.3 is 5.38 Å². The van der Waals surface area contributed by atoms with Crippen LogP contribution in [0.5, 0.6) is 0 Å². The quantitative estimate of drug-likeness (QED) is 0.592. The van der Waals surface area contributed by atoms with Gasteiger partial charge in [-0.05, 0) is 11.6 Å². The summed E-state index contributed by atoms with van der Waals surface area (Å²) in [6.45, 7) is 0. The third-order valence-corrected chi connectivity index (χ3v) is 2.78. The van der Waals surface area contributed by atoms with Crippen molar-refractivity contribution in [2.24, 2.45) is 0 Å². The first kappa shape index (κ1) is 9.59. The molecule has 0 bridgehead atoms. The zero-order valence-electron chi connectivity index (χ0n) is 3.27. The van der Waals surface area contributed by atoms with Crippen LogP contribution in [0.25, 0.3) is 0 Å². The minimum atomic E-state index is -3.34. The Morgan fingerprint density at radius 2 is 1.25 bits per heavy atom. The van der Waals surface area contributed by atoms with Crippen LogP contribution in [0, 0.1) is 0 Å². The van der Waals surface area contributed by atoms with Crippen molar-refractivity contribution in [1.29, 1.82) is 0 Å². The maximum absolute atomic E-state index is 11.9. The standard InChI is InChI=1S/C2Br3ClF2/c3-1(4,5)2(6,7)8. The van der Waals surface area contributed by atoms with E-state index in [4.69, 9.17) is 0 Å². The van der Waals surface area contributed by atoms with Gasteiger partial charge in [0.15, 0.2) is 0 Å². The van der Waals surface area contributed by atoms with E-state index in [1.54, 1.807) is 0 Å². The Morgan fingerprint density at radius 1 is 1.12 bits per heavy atom. The van der Waals surface area contributed by atoms with E-state index in [1.807, 2.05) is 0 Å². The molecule has 0 aromatic rings. The molecule has 0 aromatic carbocycles. The Morgan fingerprint density at radius 3 is 1.25 bits per heavy atom. The molecule has 0 saturated heterocycles. The van der Waals surface area contributed by atoms with Gasteiger partial charge in [0.05, 0.1) is 0 Å². The Kier molecular flexibility index (Phi) is 3.21. The van der Waals surface area contributed by atoms with E-state index in [1.165, 1.54) is 0 Å². The highest BCUT2D eigenvalue weighted by molar-refractivity contribution is 9.39. The lowest BCUT2D eigenvalue weighted by atomic mass is 10.8. The summed E-state index contributed by atoms with van der Waals surface area (Å²) in [5.74, 6) is 0. The van der Waals surface area contributed by atoms with E-state index >= 15 is 0 Å². The molecule has 0 aliphatic heterocycles. The van der Waals surface area contributed by atoms with Crippen molar-refractivity contribution in [3.63, 3.8) is 0 Å². The van der Waals surface area contributed by atoms with E-state index in [9.17, 15) is 8.78 Å². The first-order valence-electron chi connectivity index (χ1n) is 1.38. The molecule has 0 heterocycles. The highest BCUT2D eigenvalue weighted by Gasteiger charge is 2.46. The normalized spacial score (nSPS) is 14.2. The minimum absolute atomic E-state index is 1.69. The van der Waals surface area contributed by atoms with Crippen LogP contribution in [-0.2, 0) is 0 Å². The third kappa shape index (κ3) is 2.94. The largest absolute Gasteiger partial charge is 0.356 e. The molecule has 0 rings (SSSR count). The molecule has 6 heteroatoms. The van der Waals surface area contributed by atoms with E-state index < -0.39 is 7.52 Å². The second kappa shape index (κ2) is 2.68. The summed E-state index contributed by atoms with van der Waals surface area (Å²) in [4.78, 5) is 0. The lowest BCUT2D eigenvalue weighted by Crippen LogP contribution is -2.24. The number of halogens is 6. The van der Waals surface area contributed by atoms with Gasteiger partial charge in [-0.2, -0.15) is 8.78 Å². The lowest BCUT2D eigenvalue weighted by molar-refractivity contribution is 0.113. The SMILES string of the molecule is FC(F)(Cl)C(Br)(Br)Br. The predicted molar refractivity (Wildman–Crippen MR) is 40.3 cm³/mol. The third-order valence-electron chi connectivity index (χ3n) is 0.321. The van der Waals surface area contributed by atoms with Crippen LogP contribution in [0.1, 0.15) is 0 Å². The van der Waals surface area contributed by atoms with E-state index in [2.05, 4.69) is 59.4 Å². The van der Waals surface area contributed by atoms with Crippen LogP contribution in [0.15, 0.2) is 0 Å². The summed E-state index contributed by atoms with van der Waals surface area (Å²) < 4.78 is 22.0. The molecule has 8 heavy (non-hydrogen) atoms. The summed E-state index contributed by atoms with van der Waals surface area (Å²) in [6.07, 6.45) is 0. The van der Waals surface area contributed by atoms with Gasteiger partial charge in [-0.3, -0.25) is 0 Å². The Balaban J connectivity index is 4.02. The van der Waals surface area contributed by atoms with Gasteiger partial charge in [-0.1, -0.05) is 47.8 Å². The van der Waals surface area contributed by atoms with Gasteiger partial charge in [-0.25, -0.2) is 0 Å². The van der Waals surface area contributed by atoms with Crippen LogP contribution in [0.4, 0.5) is 8.78 Å². The molecule has 0 N–H and O–H groups in total. The second-order valence-electron chi connectivity index (χ2n) is 0.996. The van der Waals surface area contributed by atoms with Crippen LogP contribution >= 0.6 is 59.4 Å². The molecule has 0 saturated carbocycles. The maximum Gasteiger partial charge on any atom is 0.356 e. The van der Waals surface area contributed by atoms with Gasteiger partial charge < -0.3 is 0 Å². The number of rotatable bonds is 0. The topological polar surface area (TPSA) is 0 Å². The highest BCUT2D eigenvalue weighted by Crippen LogP contribution is 2.49. The van der Waals surface area contributed by atoms with Gasteiger partial charge in [0.1, 0.15) is 0 Å². The van der Waals surface area contributed by atoms with Crippen LogP contribution in [0.3, 0.4) is 0 Å². The summed E-state index contributed by atoms with van der Waals surface area (Å²) in [6, 6.07) is 0. The van der Waals surface area contributed by atoms with Crippen LogP contribution < -0.4 is 0 Å². The number of hydrogen-bond donors (Lipinski definition) is 0. The van der Waals surface area contributed by atoms with Crippen LogP contribution in [-0.4, -0.2) is 7.52 Å². The fourth-order valence-corrected chi connectivity index (χ4v) is 0. The van der Waals surface area contributed by atoms with Crippen LogP contribution in [0.2, 0.25) is 0 Å². The molecule has 0 fully saturated rings. The van der Waals surface area contributed by atoms with Crippen molar-refractivity contribution < 1.29 is 8.78 Å². The summed E-state index contributed by atoms with van der Waals surface area (Å²) in [5, 5.41) is -3.34. The van der Waals surface area contributed by atoms with Gasteiger partial charge in [0, 0.05) is 0 Å². The molecular formula is C2Br3ClF2. The molecular weight excluding hydrogens is 337 g/mol. The first-order chi connectivity index (χ1) is 3.25. The van der Waals surface area contributed by atoms with Crippen molar-refractivity contribution >= 4 is 59.4 Å². The van der Waals surface area contributed by atoms with Crippen molar-refractivity contribution in [2.75, 3.05) is 0 Å². The highest BCUT2D eigenvalue weighted by atomic mass is 80.0. The van der Waals surface area contributed by atoms with Gasteiger partial charge in [0.25, 0.3) is 0 Å². The Labute approximate surface area is 75.3 Å². The molecule has 50 valence electrons. The number of hydrogen-bond acceptors (Lipinski definition) is 0. The monoisotopic (exact) mass is 334 g/mol. The molecule has 0 amide bonds. The molecule has 0 nitrogen and oxygen atoms in total. The molecule has 0 aliphatic carbocycles. The fraction of sp³-hybridized carbons (Fsp3) is 1.00. The average molecular weight is 337 g/mol. The predicted octanol–water partition coefficient (Wildman–Crippen LogP) is 3.66. The fourth-order valence-electron chi connectivity index (χ4n) is 0. The molecule has 0 aliphatic rings. The zero-order chi connectivity index (χ0) is 7.00. The maximum atomic E-state index is 11.9. The lowest BCUT2D eigenvalue weighted by Gasteiger charge is -2.17. The van der Waals surface area contributed by atoms with E-state index in [0.717, 1.165) is 0 Å². The van der Waals surface area contributed by atoms with Gasteiger partial charge in [0.2, 0.25) is 2.14 Å². The van der Waals surface area contributed by atoms with E-state index in [-0.39, 0.29) is 0 Å². The van der Waals surface area contributed by atoms with E-state index in [0.29, 0.717) is 0 Å².